The highest BCUT2D eigenvalue weighted by molar-refractivity contribution is 7.12. The van der Waals surface area contributed by atoms with Crippen LogP contribution in [0.25, 0.3) is 0 Å². The summed E-state index contributed by atoms with van der Waals surface area (Å²) < 4.78 is 37.5. The van der Waals surface area contributed by atoms with E-state index in [9.17, 15) is 8.78 Å². The number of nitrogens with zero attached hydrogens (tertiary/aromatic N) is 2. The Hall–Kier alpha value is -2.64. The van der Waals surface area contributed by atoms with E-state index in [1.807, 2.05) is 0 Å². The molecule has 2 aromatic rings. The zero-order valence-electron chi connectivity index (χ0n) is 11.0. The maximum Gasteiger partial charge on any atom is 0.192 e. The molecule has 0 N–H and O–H groups in total. The maximum atomic E-state index is 14.1. The van der Waals surface area contributed by atoms with Gasteiger partial charge >= 0.3 is 0 Å². The molecule has 0 bridgehead atoms. The quantitative estimate of drug-likeness (QED) is 0.798. The van der Waals surface area contributed by atoms with E-state index in [2.05, 4.69) is 28.0 Å². The van der Waals surface area contributed by atoms with E-state index < -0.39 is 11.6 Å². The summed E-state index contributed by atoms with van der Waals surface area (Å²) in [7, 11) is 2.45. The Labute approximate surface area is 123 Å². The summed E-state index contributed by atoms with van der Waals surface area (Å²) in [6, 6.07) is 0.890. The lowest BCUT2D eigenvalue weighted by molar-refractivity contribution is 0.358. The van der Waals surface area contributed by atoms with Crippen LogP contribution in [0.5, 0.6) is 11.5 Å². The Morgan fingerprint density at radius 1 is 1.14 bits per heavy atom. The molecule has 1 aromatic heterocycles. The molecule has 0 unspecified atom stereocenters. The molecular formula is C14H8F2N2O2S. The highest BCUT2D eigenvalue weighted by Crippen LogP contribution is 2.31. The Morgan fingerprint density at radius 3 is 2.43 bits per heavy atom. The van der Waals surface area contributed by atoms with Crippen LogP contribution in [0.4, 0.5) is 8.78 Å². The van der Waals surface area contributed by atoms with Gasteiger partial charge in [-0.3, -0.25) is 0 Å². The molecule has 0 aliphatic carbocycles. The molecule has 106 valence electrons. The first-order valence-electron chi connectivity index (χ1n) is 5.52. The van der Waals surface area contributed by atoms with Crippen LogP contribution in [0.2, 0.25) is 0 Å². The van der Waals surface area contributed by atoms with Crippen molar-refractivity contribution >= 4 is 11.3 Å². The number of terminal acetylenes is 1. The Bertz CT molecular complexity index is 785. The zero-order valence-corrected chi connectivity index (χ0v) is 11.8. The van der Waals surface area contributed by atoms with Crippen LogP contribution in [0.15, 0.2) is 6.07 Å². The Kier molecular flexibility index (Phi) is 4.36. The van der Waals surface area contributed by atoms with Gasteiger partial charge in [0.05, 0.1) is 14.2 Å². The van der Waals surface area contributed by atoms with Gasteiger partial charge in [-0.25, -0.2) is 8.78 Å². The van der Waals surface area contributed by atoms with Crippen LogP contribution in [0.1, 0.15) is 15.6 Å². The lowest BCUT2D eigenvalue weighted by Gasteiger charge is -2.09. The largest absolute Gasteiger partial charge is 0.494 e. The van der Waals surface area contributed by atoms with Gasteiger partial charge in [0.25, 0.3) is 0 Å². The van der Waals surface area contributed by atoms with E-state index in [-0.39, 0.29) is 22.1 Å². The molecule has 21 heavy (non-hydrogen) atoms. The molecule has 4 nitrogen and oxygen atoms in total. The second kappa shape index (κ2) is 6.21. The van der Waals surface area contributed by atoms with Gasteiger partial charge in [-0.05, 0) is 11.8 Å². The van der Waals surface area contributed by atoms with E-state index in [1.165, 1.54) is 14.2 Å². The van der Waals surface area contributed by atoms with Crippen molar-refractivity contribution < 1.29 is 18.3 Å². The molecule has 0 fully saturated rings. The minimum atomic E-state index is -0.815. The summed E-state index contributed by atoms with van der Waals surface area (Å²) in [5.74, 6) is 5.18. The van der Waals surface area contributed by atoms with Crippen LogP contribution >= 0.6 is 11.3 Å². The smallest absolute Gasteiger partial charge is 0.192 e. The molecule has 0 aliphatic rings. The van der Waals surface area contributed by atoms with Gasteiger partial charge in [0.2, 0.25) is 0 Å². The number of rotatable bonds is 2. The van der Waals surface area contributed by atoms with Gasteiger partial charge < -0.3 is 9.47 Å². The van der Waals surface area contributed by atoms with Crippen molar-refractivity contribution in [1.29, 1.82) is 0 Å². The van der Waals surface area contributed by atoms with Gasteiger partial charge in [-0.15, -0.1) is 16.6 Å². The van der Waals surface area contributed by atoms with Crippen molar-refractivity contribution in [3.63, 3.8) is 0 Å². The summed E-state index contributed by atoms with van der Waals surface area (Å²) in [6.07, 6.45) is 5.16. The number of ether oxygens (including phenoxy) is 2. The van der Waals surface area contributed by atoms with Crippen LogP contribution in [-0.2, 0) is 0 Å². The molecule has 1 aromatic carbocycles. The van der Waals surface area contributed by atoms with Crippen molar-refractivity contribution in [2.24, 2.45) is 0 Å². The average Bonchev–Trinajstić information content (AvgIpc) is 2.95. The molecule has 0 saturated carbocycles. The van der Waals surface area contributed by atoms with E-state index in [4.69, 9.17) is 15.9 Å². The molecule has 1 heterocycles. The minimum Gasteiger partial charge on any atom is -0.494 e. The fourth-order valence-corrected chi connectivity index (χ4v) is 2.00. The highest BCUT2D eigenvalue weighted by atomic mass is 32.1. The topological polar surface area (TPSA) is 44.2 Å². The first-order chi connectivity index (χ1) is 10.1. The molecule has 2 rings (SSSR count). The number of benzene rings is 1. The molecule has 0 amide bonds. The zero-order chi connectivity index (χ0) is 15.4. The molecule has 7 heteroatoms. The third-order valence-corrected chi connectivity index (χ3v) is 3.17. The van der Waals surface area contributed by atoms with Gasteiger partial charge in [-0.1, -0.05) is 17.3 Å². The highest BCUT2D eigenvalue weighted by Gasteiger charge is 2.18. The number of methoxy groups -OCH3 is 2. The van der Waals surface area contributed by atoms with Crippen molar-refractivity contribution in [1.82, 2.24) is 10.2 Å². The fourth-order valence-electron chi connectivity index (χ4n) is 1.49. The fraction of sp³-hybridized carbons (Fsp3) is 0.143. The summed E-state index contributed by atoms with van der Waals surface area (Å²) in [5, 5.41) is 8.02. The third-order valence-electron chi connectivity index (χ3n) is 2.40. The molecular weight excluding hydrogens is 298 g/mol. The summed E-state index contributed by atoms with van der Waals surface area (Å²) in [6.45, 7) is 0. The normalized spacial score (nSPS) is 9.48. The summed E-state index contributed by atoms with van der Waals surface area (Å²) >= 11 is 1.07. The first kappa shape index (κ1) is 14.8. The second-order valence-corrected chi connectivity index (χ2v) is 4.57. The van der Waals surface area contributed by atoms with Gasteiger partial charge in [-0.2, -0.15) is 0 Å². The van der Waals surface area contributed by atoms with Crippen LogP contribution < -0.4 is 9.47 Å². The van der Waals surface area contributed by atoms with Gasteiger partial charge in [0.15, 0.2) is 33.1 Å². The van der Waals surface area contributed by atoms with E-state index in [1.54, 1.807) is 0 Å². The minimum absolute atomic E-state index is 0.258. The predicted octanol–water partition coefficient (Wildman–Crippen LogP) is 2.21. The first-order valence-corrected chi connectivity index (χ1v) is 6.34. The molecule has 0 atom stereocenters. The SMILES string of the molecule is C#Cc1nnc(C#Cc2c(F)c(OC)cc(F)c2OC)s1. The molecule has 0 spiro atoms. The van der Waals surface area contributed by atoms with E-state index >= 15 is 0 Å². The number of aromatic nitrogens is 2. The molecule has 0 saturated heterocycles. The molecule has 0 radical (unpaired) electrons. The van der Waals surface area contributed by atoms with Gasteiger partial charge in [0, 0.05) is 6.07 Å². The summed E-state index contributed by atoms with van der Waals surface area (Å²) in [4.78, 5) is 0. The standard InChI is InChI=1S/C14H8F2N2O2S/c1-4-11-17-18-12(21-11)6-5-8-13(16)10(19-2)7-9(15)14(8)20-3/h1,7H,2-3H3. The third kappa shape index (κ3) is 2.93. The molecule has 0 aliphatic heterocycles. The van der Waals surface area contributed by atoms with Crippen molar-refractivity contribution in [3.8, 4) is 35.7 Å². The maximum absolute atomic E-state index is 14.1. The van der Waals surface area contributed by atoms with Crippen LogP contribution in [0, 0.1) is 35.8 Å². The van der Waals surface area contributed by atoms with E-state index in [0.717, 1.165) is 17.4 Å². The lowest BCUT2D eigenvalue weighted by atomic mass is 10.1. The van der Waals surface area contributed by atoms with E-state index in [0.29, 0.717) is 5.01 Å². The monoisotopic (exact) mass is 306 g/mol. The Morgan fingerprint density at radius 2 is 1.86 bits per heavy atom. The Balaban J connectivity index is 2.53. The number of halogens is 2. The van der Waals surface area contributed by atoms with Crippen molar-refractivity contribution in [2.75, 3.05) is 14.2 Å². The number of hydrogen-bond donors (Lipinski definition) is 0. The predicted molar refractivity (Wildman–Crippen MR) is 73.3 cm³/mol. The lowest BCUT2D eigenvalue weighted by Crippen LogP contribution is -1.99. The van der Waals surface area contributed by atoms with Gasteiger partial charge in [0.1, 0.15) is 5.56 Å². The summed E-state index contributed by atoms with van der Waals surface area (Å²) in [5.41, 5.74) is -0.258. The van der Waals surface area contributed by atoms with Crippen LogP contribution in [-0.4, -0.2) is 24.4 Å². The average molecular weight is 306 g/mol. The van der Waals surface area contributed by atoms with Crippen molar-refractivity contribution in [2.45, 2.75) is 0 Å². The number of hydrogen-bond acceptors (Lipinski definition) is 5. The van der Waals surface area contributed by atoms with Crippen molar-refractivity contribution in [3.05, 3.63) is 33.3 Å². The van der Waals surface area contributed by atoms with Crippen LogP contribution in [0.3, 0.4) is 0 Å². The second-order valence-electron chi connectivity index (χ2n) is 3.59.